The van der Waals surface area contributed by atoms with Crippen LogP contribution in [-0.2, 0) is 4.74 Å². The maximum Gasteiger partial charge on any atom is 0.0951 e. The molecule has 1 fully saturated rings. The number of aromatic nitrogens is 1. The van der Waals surface area contributed by atoms with Gasteiger partial charge < -0.3 is 15.4 Å². The zero-order valence-corrected chi connectivity index (χ0v) is 12.1. The molecule has 106 valence electrons. The summed E-state index contributed by atoms with van der Waals surface area (Å²) in [7, 11) is 1.80. The summed E-state index contributed by atoms with van der Waals surface area (Å²) in [6.07, 6.45) is 4.08. The van der Waals surface area contributed by atoms with Crippen molar-refractivity contribution in [3.8, 4) is 0 Å². The monoisotopic (exact) mass is 271 g/mol. The fourth-order valence-electron chi connectivity index (χ4n) is 3.04. The second-order valence-electron chi connectivity index (χ2n) is 5.75. The Morgan fingerprint density at radius 3 is 3.00 bits per heavy atom. The van der Waals surface area contributed by atoms with Crippen LogP contribution in [0, 0.1) is 0 Å². The first-order chi connectivity index (χ1) is 9.63. The minimum absolute atomic E-state index is 0.0752. The fraction of sp³-hybridized carbons (Fsp3) is 0.438. The van der Waals surface area contributed by atoms with Crippen LogP contribution in [0.4, 0.5) is 11.4 Å². The molecule has 0 amide bonds. The molecular formula is C16H21N3O. The molecule has 0 spiro atoms. The Morgan fingerprint density at radius 1 is 1.35 bits per heavy atom. The number of nitrogens with zero attached hydrogens (tertiary/aromatic N) is 2. The van der Waals surface area contributed by atoms with E-state index in [1.165, 1.54) is 5.69 Å². The molecule has 0 aliphatic carbocycles. The maximum absolute atomic E-state index is 6.03. The number of benzene rings is 1. The van der Waals surface area contributed by atoms with E-state index in [1.54, 1.807) is 7.11 Å². The van der Waals surface area contributed by atoms with E-state index in [4.69, 9.17) is 10.5 Å². The zero-order chi connectivity index (χ0) is 14.2. The van der Waals surface area contributed by atoms with Crippen molar-refractivity contribution in [2.75, 3.05) is 30.8 Å². The Kier molecular flexibility index (Phi) is 3.26. The number of pyridine rings is 1. The molecular weight excluding hydrogens is 250 g/mol. The Hall–Kier alpha value is -1.81. The van der Waals surface area contributed by atoms with Gasteiger partial charge >= 0.3 is 0 Å². The molecule has 1 saturated heterocycles. The predicted octanol–water partition coefficient (Wildman–Crippen LogP) is 2.82. The number of piperidine rings is 1. The third-order valence-corrected chi connectivity index (χ3v) is 4.27. The quantitative estimate of drug-likeness (QED) is 0.853. The normalized spacial score (nSPS) is 23.2. The van der Waals surface area contributed by atoms with Gasteiger partial charge in [0.05, 0.1) is 16.8 Å². The Bertz CT molecular complexity index is 628. The molecule has 0 saturated carbocycles. The molecule has 1 atom stereocenters. The number of rotatable bonds is 2. The van der Waals surface area contributed by atoms with Gasteiger partial charge in [-0.05, 0) is 31.9 Å². The Morgan fingerprint density at radius 2 is 2.20 bits per heavy atom. The van der Waals surface area contributed by atoms with Gasteiger partial charge in [-0.15, -0.1) is 0 Å². The number of anilines is 2. The molecule has 1 aliphatic rings. The Labute approximate surface area is 119 Å². The number of fused-ring (bicyclic) bond motifs is 1. The van der Waals surface area contributed by atoms with Crippen molar-refractivity contribution < 1.29 is 4.74 Å². The van der Waals surface area contributed by atoms with Crippen LogP contribution in [0.2, 0.25) is 0 Å². The zero-order valence-electron chi connectivity index (χ0n) is 12.1. The molecule has 1 aromatic carbocycles. The van der Waals surface area contributed by atoms with Gasteiger partial charge in [0.15, 0.2) is 0 Å². The largest absolute Gasteiger partial charge is 0.397 e. The summed E-state index contributed by atoms with van der Waals surface area (Å²) in [6.45, 7) is 4.13. The van der Waals surface area contributed by atoms with E-state index in [0.29, 0.717) is 0 Å². The summed E-state index contributed by atoms with van der Waals surface area (Å²) in [5.74, 6) is 0. The van der Waals surface area contributed by atoms with Gasteiger partial charge in [0.25, 0.3) is 0 Å². The minimum atomic E-state index is -0.0752. The van der Waals surface area contributed by atoms with Crippen LogP contribution >= 0.6 is 0 Å². The molecule has 1 unspecified atom stereocenters. The molecule has 2 N–H and O–H groups in total. The number of ether oxygens (including phenoxy) is 1. The van der Waals surface area contributed by atoms with Crippen LogP contribution in [-0.4, -0.2) is 30.8 Å². The van der Waals surface area contributed by atoms with Crippen molar-refractivity contribution in [2.24, 2.45) is 0 Å². The fourth-order valence-corrected chi connectivity index (χ4v) is 3.04. The van der Waals surface area contributed by atoms with E-state index in [1.807, 2.05) is 18.3 Å². The van der Waals surface area contributed by atoms with E-state index >= 15 is 0 Å². The van der Waals surface area contributed by atoms with Crippen molar-refractivity contribution >= 4 is 22.3 Å². The third kappa shape index (κ3) is 2.20. The summed E-state index contributed by atoms with van der Waals surface area (Å²) in [6, 6.07) is 8.05. The van der Waals surface area contributed by atoms with Crippen LogP contribution in [0.5, 0.6) is 0 Å². The second kappa shape index (κ2) is 4.94. The van der Waals surface area contributed by atoms with Crippen molar-refractivity contribution in [3.05, 3.63) is 30.5 Å². The predicted molar refractivity (Wildman–Crippen MR) is 83.0 cm³/mol. The van der Waals surface area contributed by atoms with E-state index in [2.05, 4.69) is 28.9 Å². The van der Waals surface area contributed by atoms with Crippen LogP contribution in [0.1, 0.15) is 19.8 Å². The first-order valence-electron chi connectivity index (χ1n) is 7.06. The molecule has 4 heteroatoms. The summed E-state index contributed by atoms with van der Waals surface area (Å²) in [5, 5.41) is 1.12. The summed E-state index contributed by atoms with van der Waals surface area (Å²) in [5.41, 5.74) is 8.77. The Balaban J connectivity index is 2.04. The lowest BCUT2D eigenvalue weighted by Gasteiger charge is -2.41. The second-order valence-corrected chi connectivity index (χ2v) is 5.75. The number of nitrogen functional groups attached to an aromatic ring is 1. The summed E-state index contributed by atoms with van der Waals surface area (Å²) in [4.78, 5) is 6.80. The first-order valence-corrected chi connectivity index (χ1v) is 7.06. The highest BCUT2D eigenvalue weighted by atomic mass is 16.5. The number of hydrogen-bond acceptors (Lipinski definition) is 4. The van der Waals surface area contributed by atoms with E-state index in [-0.39, 0.29) is 5.60 Å². The molecule has 1 aliphatic heterocycles. The molecule has 4 nitrogen and oxygen atoms in total. The first kappa shape index (κ1) is 13.2. The molecule has 2 heterocycles. The molecule has 20 heavy (non-hydrogen) atoms. The van der Waals surface area contributed by atoms with Gasteiger partial charge in [-0.1, -0.05) is 12.1 Å². The molecule has 1 aromatic heterocycles. The van der Waals surface area contributed by atoms with Crippen molar-refractivity contribution in [1.82, 2.24) is 4.98 Å². The topological polar surface area (TPSA) is 51.4 Å². The number of para-hydroxylation sites is 1. The summed E-state index contributed by atoms with van der Waals surface area (Å²) < 4.78 is 5.68. The van der Waals surface area contributed by atoms with Gasteiger partial charge in [-0.25, -0.2) is 0 Å². The van der Waals surface area contributed by atoms with Crippen molar-refractivity contribution in [3.63, 3.8) is 0 Å². The smallest absolute Gasteiger partial charge is 0.0951 e. The van der Waals surface area contributed by atoms with E-state index in [9.17, 15) is 0 Å². The minimum Gasteiger partial charge on any atom is -0.397 e. The lowest BCUT2D eigenvalue weighted by molar-refractivity contribution is -0.00459. The van der Waals surface area contributed by atoms with Gasteiger partial charge in [-0.3, -0.25) is 4.98 Å². The number of nitrogens with two attached hydrogens (primary N) is 1. The lowest BCUT2D eigenvalue weighted by atomic mass is 9.94. The maximum atomic E-state index is 6.03. The molecule has 0 bridgehead atoms. The van der Waals surface area contributed by atoms with Crippen LogP contribution in [0.25, 0.3) is 10.9 Å². The molecule has 2 aromatic rings. The number of methoxy groups -OCH3 is 1. The summed E-state index contributed by atoms with van der Waals surface area (Å²) >= 11 is 0. The van der Waals surface area contributed by atoms with Crippen molar-refractivity contribution in [1.29, 1.82) is 0 Å². The van der Waals surface area contributed by atoms with Crippen LogP contribution < -0.4 is 10.6 Å². The molecule has 0 radical (unpaired) electrons. The lowest BCUT2D eigenvalue weighted by Crippen LogP contribution is -2.47. The van der Waals surface area contributed by atoms with Gasteiger partial charge in [0, 0.05) is 37.5 Å². The highest BCUT2D eigenvalue weighted by molar-refractivity contribution is 5.98. The SMILES string of the molecule is COC1(C)CCCN(c2ccnc3c(N)cccc23)C1. The van der Waals surface area contributed by atoms with E-state index in [0.717, 1.165) is 42.5 Å². The highest BCUT2D eigenvalue weighted by Gasteiger charge is 2.31. The average molecular weight is 271 g/mol. The third-order valence-electron chi connectivity index (χ3n) is 4.27. The highest BCUT2D eigenvalue weighted by Crippen LogP contribution is 2.33. The van der Waals surface area contributed by atoms with Crippen molar-refractivity contribution in [2.45, 2.75) is 25.4 Å². The van der Waals surface area contributed by atoms with Gasteiger partial charge in [0.1, 0.15) is 0 Å². The molecule has 3 rings (SSSR count). The standard InChI is InChI=1S/C16H21N3O/c1-16(20-2)8-4-10-19(11-16)14-7-9-18-15-12(14)5-3-6-13(15)17/h3,5-7,9H,4,8,10-11,17H2,1-2H3. The van der Waals surface area contributed by atoms with Gasteiger partial charge in [0.2, 0.25) is 0 Å². The van der Waals surface area contributed by atoms with E-state index < -0.39 is 0 Å². The van der Waals surface area contributed by atoms with Crippen LogP contribution in [0.15, 0.2) is 30.5 Å². The van der Waals surface area contributed by atoms with Gasteiger partial charge in [-0.2, -0.15) is 0 Å². The van der Waals surface area contributed by atoms with Crippen LogP contribution in [0.3, 0.4) is 0 Å². The average Bonchev–Trinajstić information content (AvgIpc) is 2.47. The number of hydrogen-bond donors (Lipinski definition) is 1.